The number of likely N-dealkylation sites (N-methyl/N-ethyl adjacent to an activating group) is 7. The normalized spacial score (nSPS) is 28.4. The highest BCUT2D eigenvalue weighted by atomic mass is 32.2. The van der Waals surface area contributed by atoms with E-state index in [1.165, 1.54) is 102 Å². The van der Waals surface area contributed by atoms with Crippen LogP contribution in [0.2, 0.25) is 0 Å². The third-order valence-electron chi connectivity index (χ3n) is 19.9. The van der Waals surface area contributed by atoms with Crippen molar-refractivity contribution in [3.8, 4) is 0 Å². The first-order chi connectivity index (χ1) is 45.3. The number of nitrogens with one attached hydrogen (secondary N) is 3. The van der Waals surface area contributed by atoms with Gasteiger partial charge in [0.25, 0.3) is 0 Å². The zero-order valence-corrected chi connectivity index (χ0v) is 64.5. The lowest BCUT2D eigenvalue weighted by atomic mass is 9.91. The van der Waals surface area contributed by atoms with Crippen molar-refractivity contribution in [2.24, 2.45) is 35.5 Å². The molecule has 0 aromatic carbocycles. The summed E-state index contributed by atoms with van der Waals surface area (Å²) in [6.45, 7) is 32.2. The fourth-order valence-electron chi connectivity index (χ4n) is 13.5. The van der Waals surface area contributed by atoms with E-state index < -0.39 is 182 Å². The molecule has 0 aliphatic carbocycles. The lowest BCUT2D eigenvalue weighted by molar-refractivity contribution is -0.157. The zero-order chi connectivity index (χ0) is 75.2. The van der Waals surface area contributed by atoms with Crippen LogP contribution >= 0.6 is 0 Å². The van der Waals surface area contributed by atoms with Crippen LogP contribution in [0.1, 0.15) is 163 Å². The van der Waals surface area contributed by atoms with Crippen LogP contribution in [0.5, 0.6) is 0 Å². The van der Waals surface area contributed by atoms with Gasteiger partial charge >= 0.3 is 0 Å². The fraction of sp³-hybridized carbons (Fsp3) is 0.814. The number of carbonyl (C=O) groups is 11. The maximum absolute atomic E-state index is 15.6. The van der Waals surface area contributed by atoms with E-state index in [0.29, 0.717) is 26.3 Å². The maximum atomic E-state index is 15.6. The highest BCUT2D eigenvalue weighted by molar-refractivity contribution is 7.92. The second-order valence-corrected chi connectivity index (χ2v) is 33.1. The Balaban J connectivity index is 2.45. The van der Waals surface area contributed by atoms with Gasteiger partial charge in [-0.25, -0.2) is 8.42 Å². The number of allylic oxidation sites excluding steroid dienone is 2. The summed E-state index contributed by atoms with van der Waals surface area (Å²) in [4.78, 5) is 177. The lowest BCUT2D eigenvalue weighted by Crippen LogP contribution is -2.64. The van der Waals surface area contributed by atoms with Crippen LogP contribution in [0, 0.1) is 35.5 Å². The standard InChI is InChI=1S/C70H124N12O15S/c1-26-28-29-45(13)58(83)57-61(86)72-49(27-2)63(88)78(23)54(38-98(95,96)70(17,18)39-81-30-32-97-33-31-81)66(91)74(19)50(34-40(3)4)60(85)73-55(43(9)10)68(93)77(22)53-37-46(14)82(67(53)92)48(16)59(84)71-47(15)62(87)75(20)51(35-41(5)6)64(89)76(21)52(36-42(7)8)65(90)79(24)56(44(11)12)69(94)80(57)25/h26,28,40-58,83H,27,29-39H2,1-25H3,(H,71,84)(H,72,86)(H,73,85)/t45-,46?,47+,48-,49-,50+,51-,52-,53-,54-,55-,56-,57-,58-/m1/s1. The van der Waals surface area contributed by atoms with Crippen LogP contribution in [0.4, 0.5) is 0 Å². The molecule has 11 amide bonds. The molecular weight excluding hydrogens is 1280 g/mol. The van der Waals surface area contributed by atoms with Gasteiger partial charge < -0.3 is 65.0 Å². The summed E-state index contributed by atoms with van der Waals surface area (Å²) in [5, 5.41) is 20.7. The lowest BCUT2D eigenvalue weighted by Gasteiger charge is -2.42. The summed E-state index contributed by atoms with van der Waals surface area (Å²) in [5.74, 6) is -11.9. The van der Waals surface area contributed by atoms with Crippen molar-refractivity contribution in [3.63, 3.8) is 0 Å². The monoisotopic (exact) mass is 1400 g/mol. The van der Waals surface area contributed by atoms with Crippen LogP contribution in [-0.4, -0.2) is 294 Å². The average Bonchev–Trinajstić information content (AvgIpc) is 0.890. The quantitative estimate of drug-likeness (QED) is 0.143. The summed E-state index contributed by atoms with van der Waals surface area (Å²) >= 11 is 0. The number of sulfone groups is 1. The smallest absolute Gasteiger partial charge is 0.246 e. The number of carbonyl (C=O) groups excluding carboxylic acids is 11. The number of aliphatic hydroxyl groups excluding tert-OH is 1. The van der Waals surface area contributed by atoms with Crippen molar-refractivity contribution in [1.82, 2.24) is 60.0 Å². The van der Waals surface area contributed by atoms with Gasteiger partial charge in [0, 0.05) is 75.0 Å². The van der Waals surface area contributed by atoms with Crippen molar-refractivity contribution < 1.29 is 71.0 Å². The van der Waals surface area contributed by atoms with Gasteiger partial charge in [-0.05, 0) is 116 Å². The van der Waals surface area contributed by atoms with Crippen LogP contribution in [0.3, 0.4) is 0 Å². The van der Waals surface area contributed by atoms with Gasteiger partial charge in [0.2, 0.25) is 65.0 Å². The predicted octanol–water partition coefficient (Wildman–Crippen LogP) is 2.62. The minimum Gasteiger partial charge on any atom is -0.390 e. The van der Waals surface area contributed by atoms with Crippen LogP contribution in [-0.2, 0) is 67.3 Å². The van der Waals surface area contributed by atoms with Crippen molar-refractivity contribution in [2.45, 2.75) is 247 Å². The number of morpholine rings is 1. The van der Waals surface area contributed by atoms with Crippen molar-refractivity contribution >= 4 is 74.8 Å². The Morgan fingerprint density at radius 1 is 0.551 bits per heavy atom. The predicted molar refractivity (Wildman–Crippen MR) is 376 cm³/mol. The molecule has 3 rings (SSSR count). The van der Waals surface area contributed by atoms with E-state index in [1.54, 1.807) is 81.4 Å². The first-order valence-electron chi connectivity index (χ1n) is 35.2. The van der Waals surface area contributed by atoms with Gasteiger partial charge in [-0.15, -0.1) is 0 Å². The average molecular weight is 1410 g/mol. The molecule has 1 unspecified atom stereocenters. The molecule has 0 saturated carbocycles. The first kappa shape index (κ1) is 86.0. The van der Waals surface area contributed by atoms with E-state index in [4.69, 9.17) is 4.74 Å². The summed E-state index contributed by atoms with van der Waals surface area (Å²) < 4.78 is 34.1. The van der Waals surface area contributed by atoms with Crippen molar-refractivity contribution in [2.75, 3.05) is 87.9 Å². The number of hydrogen-bond donors (Lipinski definition) is 4. The molecule has 3 aliphatic heterocycles. The van der Waals surface area contributed by atoms with Gasteiger partial charge in [0.05, 0.1) is 29.8 Å². The number of hydrogen-bond acceptors (Lipinski definition) is 16. The Labute approximate surface area is 585 Å². The molecule has 0 aromatic heterocycles. The van der Waals surface area contributed by atoms with E-state index in [1.807, 2.05) is 32.6 Å². The molecule has 560 valence electrons. The maximum Gasteiger partial charge on any atom is 0.246 e. The summed E-state index contributed by atoms with van der Waals surface area (Å²) in [7, 11) is 5.16. The largest absolute Gasteiger partial charge is 0.390 e. The molecule has 3 heterocycles. The fourth-order valence-corrected chi connectivity index (χ4v) is 15.1. The molecule has 3 aliphatic rings. The minimum atomic E-state index is -4.41. The molecule has 0 spiro atoms. The molecule has 27 nitrogen and oxygen atoms in total. The number of rotatable bonds is 18. The topological polar surface area (TPSA) is 317 Å². The Kier molecular flexibility index (Phi) is 32.4. The Bertz CT molecular complexity index is 2940. The van der Waals surface area contributed by atoms with E-state index in [9.17, 15) is 24.3 Å². The van der Waals surface area contributed by atoms with E-state index in [0.717, 1.165) is 14.7 Å². The molecule has 2 bridgehead atoms. The third-order valence-corrected chi connectivity index (χ3v) is 22.5. The van der Waals surface area contributed by atoms with Gasteiger partial charge in [-0.3, -0.25) is 57.6 Å². The van der Waals surface area contributed by atoms with E-state index in [2.05, 4.69) is 16.0 Å². The Morgan fingerprint density at radius 2 is 1.02 bits per heavy atom. The van der Waals surface area contributed by atoms with Crippen molar-refractivity contribution in [1.29, 1.82) is 0 Å². The molecule has 4 N–H and O–H groups in total. The SMILES string of the molecule is CC=CC[C@@H](C)[C@@H](O)[C@@H]1C(=O)N[C@H](CC)C(=O)N(C)[C@H](CS(=O)(=O)C(C)(C)CN2CCOCC2)C(=O)N(C)[C@@H](CC(C)C)C(=O)N[C@H](C(C)C)C(=O)N(C)[C@@H]2CC(C)N(C2=O)[C@H](C)C(=O)N[C@@H](C)C(=O)N(C)[C@H](CC(C)C)C(=O)N(C)[C@H](CC(C)C)C(=O)N(C)[C@H](C(C)C)C(=O)N1C. The van der Waals surface area contributed by atoms with Gasteiger partial charge in [-0.2, -0.15) is 0 Å². The molecular formula is C70H124N12O15S. The van der Waals surface area contributed by atoms with Crippen LogP contribution in [0.15, 0.2) is 12.2 Å². The highest BCUT2D eigenvalue weighted by Gasteiger charge is 2.50. The minimum absolute atomic E-state index is 0.0134. The van der Waals surface area contributed by atoms with E-state index in [-0.39, 0.29) is 62.8 Å². The second kappa shape index (κ2) is 36.9. The summed E-state index contributed by atoms with van der Waals surface area (Å²) in [6.07, 6.45) is 2.32. The number of amides is 11. The van der Waals surface area contributed by atoms with E-state index >= 15 is 42.0 Å². The molecule has 28 heteroatoms. The third kappa shape index (κ3) is 21.2. The van der Waals surface area contributed by atoms with Crippen molar-refractivity contribution in [3.05, 3.63) is 12.2 Å². The second-order valence-electron chi connectivity index (χ2n) is 30.4. The summed E-state index contributed by atoms with van der Waals surface area (Å²) in [5.41, 5.74) is 0. The number of nitrogens with zero attached hydrogens (tertiary/aromatic N) is 9. The number of ether oxygens (including phenoxy) is 1. The molecule has 3 fully saturated rings. The molecule has 0 radical (unpaired) electrons. The zero-order valence-electron chi connectivity index (χ0n) is 63.7. The summed E-state index contributed by atoms with van der Waals surface area (Å²) in [6, 6.07) is -15.7. The molecule has 98 heavy (non-hydrogen) atoms. The number of fused-ring (bicyclic) bond motifs is 2. The number of aliphatic hydroxyl groups is 1. The van der Waals surface area contributed by atoms with Crippen LogP contribution in [0.25, 0.3) is 0 Å². The Morgan fingerprint density at radius 3 is 1.51 bits per heavy atom. The molecule has 3 saturated heterocycles. The van der Waals surface area contributed by atoms with Crippen LogP contribution < -0.4 is 16.0 Å². The van der Waals surface area contributed by atoms with Gasteiger partial charge in [0.1, 0.15) is 66.5 Å². The van der Waals surface area contributed by atoms with Gasteiger partial charge in [-0.1, -0.05) is 95.2 Å². The Hall–Kier alpha value is -6.26. The molecule has 14 atom stereocenters. The first-order valence-corrected chi connectivity index (χ1v) is 36.8. The molecule has 0 aromatic rings. The van der Waals surface area contributed by atoms with Gasteiger partial charge in [0.15, 0.2) is 9.84 Å². The highest BCUT2D eigenvalue weighted by Crippen LogP contribution is 2.30.